The molecule has 0 aliphatic carbocycles. The minimum atomic E-state index is -0.127. The molecule has 3 heteroatoms. The van der Waals surface area contributed by atoms with Crippen LogP contribution in [0.2, 0.25) is 0 Å². The number of rotatable bonds is 5. The third-order valence-corrected chi connectivity index (χ3v) is 3.29. The molecule has 0 saturated carbocycles. The van der Waals surface area contributed by atoms with Crippen molar-refractivity contribution >= 4 is 27.9 Å². The Balaban J connectivity index is 2.02. The van der Waals surface area contributed by atoms with Crippen LogP contribution in [0.1, 0.15) is 11.5 Å². The number of carbonyl (C=O) groups is 1. The number of nitrogens with one attached hydrogen (secondary N) is 1. The minimum absolute atomic E-state index is 0.127. The lowest BCUT2D eigenvalue weighted by Crippen LogP contribution is -2.13. The van der Waals surface area contributed by atoms with E-state index >= 15 is 0 Å². The van der Waals surface area contributed by atoms with Gasteiger partial charge >= 0.3 is 0 Å². The van der Waals surface area contributed by atoms with Crippen LogP contribution in [0.3, 0.4) is 0 Å². The van der Waals surface area contributed by atoms with Crippen LogP contribution in [0.5, 0.6) is 0 Å². The lowest BCUT2D eigenvalue weighted by Gasteiger charge is -2.13. The molecule has 0 aromatic heterocycles. The molecular weight excluding hydrogens is 290 g/mol. The van der Waals surface area contributed by atoms with Gasteiger partial charge in [0.05, 0.1) is 5.92 Å². The van der Waals surface area contributed by atoms with E-state index in [1.807, 2.05) is 54.6 Å². The second-order valence-corrected chi connectivity index (χ2v) is 4.96. The van der Waals surface area contributed by atoms with E-state index in [1.165, 1.54) is 0 Å². The van der Waals surface area contributed by atoms with Gasteiger partial charge < -0.3 is 10.1 Å². The van der Waals surface area contributed by atoms with Crippen molar-refractivity contribution in [2.45, 2.75) is 5.92 Å². The smallest absolute Gasteiger partial charge is 0.129 e. The van der Waals surface area contributed by atoms with Crippen LogP contribution >= 0.6 is 15.9 Å². The Bertz CT molecular complexity index is 496. The minimum Gasteiger partial charge on any atom is -0.384 e. The van der Waals surface area contributed by atoms with Gasteiger partial charge in [-0.3, -0.25) is 0 Å². The molecule has 2 aromatic carbocycles. The Morgan fingerprint density at radius 2 is 1.72 bits per heavy atom. The molecule has 0 amide bonds. The molecule has 92 valence electrons. The Labute approximate surface area is 115 Å². The molecule has 0 heterocycles. The molecule has 0 fully saturated rings. The summed E-state index contributed by atoms with van der Waals surface area (Å²) in [4.78, 5) is 11.2. The molecule has 1 N–H and O–H groups in total. The summed E-state index contributed by atoms with van der Waals surface area (Å²) in [7, 11) is 0. The van der Waals surface area contributed by atoms with Gasteiger partial charge in [0.15, 0.2) is 0 Å². The molecule has 2 aromatic rings. The van der Waals surface area contributed by atoms with Crippen LogP contribution in [0.15, 0.2) is 59.1 Å². The monoisotopic (exact) mass is 303 g/mol. The van der Waals surface area contributed by atoms with Gasteiger partial charge in [0.25, 0.3) is 0 Å². The molecule has 1 atom stereocenters. The Morgan fingerprint density at radius 3 is 2.33 bits per heavy atom. The molecule has 0 bridgehead atoms. The largest absolute Gasteiger partial charge is 0.384 e. The van der Waals surface area contributed by atoms with Crippen LogP contribution in [-0.2, 0) is 4.79 Å². The number of carbonyl (C=O) groups excluding carboxylic acids is 1. The summed E-state index contributed by atoms with van der Waals surface area (Å²) in [5.74, 6) is -0.127. The molecule has 0 radical (unpaired) electrons. The highest BCUT2D eigenvalue weighted by Crippen LogP contribution is 2.18. The molecule has 0 spiro atoms. The van der Waals surface area contributed by atoms with E-state index < -0.39 is 0 Å². The maximum atomic E-state index is 11.2. The summed E-state index contributed by atoms with van der Waals surface area (Å²) in [6.07, 6.45) is 0.985. The summed E-state index contributed by atoms with van der Waals surface area (Å²) < 4.78 is 1.02. The zero-order valence-corrected chi connectivity index (χ0v) is 11.4. The summed E-state index contributed by atoms with van der Waals surface area (Å²) in [5.41, 5.74) is 2.05. The molecule has 0 aliphatic rings. The predicted molar refractivity (Wildman–Crippen MR) is 77.9 cm³/mol. The Kier molecular flexibility index (Phi) is 4.53. The zero-order valence-electron chi connectivity index (χ0n) is 9.84. The Morgan fingerprint density at radius 1 is 1.06 bits per heavy atom. The van der Waals surface area contributed by atoms with Crippen LogP contribution in [0.4, 0.5) is 5.69 Å². The fourth-order valence-corrected chi connectivity index (χ4v) is 2.00. The Hall–Kier alpha value is -1.61. The molecule has 0 aliphatic heterocycles. The van der Waals surface area contributed by atoms with Gasteiger partial charge in [0.1, 0.15) is 6.29 Å². The highest BCUT2D eigenvalue weighted by atomic mass is 79.9. The van der Waals surface area contributed by atoms with Crippen molar-refractivity contribution in [3.05, 3.63) is 64.6 Å². The van der Waals surface area contributed by atoms with Crippen molar-refractivity contribution in [2.24, 2.45) is 0 Å². The maximum absolute atomic E-state index is 11.2. The second kappa shape index (κ2) is 6.36. The average Bonchev–Trinajstić information content (AvgIpc) is 2.42. The number of para-hydroxylation sites is 1. The maximum Gasteiger partial charge on any atom is 0.129 e. The first kappa shape index (κ1) is 12.8. The number of aldehydes is 1. The normalized spacial score (nSPS) is 11.8. The van der Waals surface area contributed by atoms with Crippen LogP contribution < -0.4 is 5.32 Å². The summed E-state index contributed by atoms with van der Waals surface area (Å²) in [6.45, 7) is 0.606. The van der Waals surface area contributed by atoms with Gasteiger partial charge in [-0.25, -0.2) is 0 Å². The highest BCUT2D eigenvalue weighted by Gasteiger charge is 2.09. The van der Waals surface area contributed by atoms with E-state index in [0.717, 1.165) is 22.0 Å². The fraction of sp³-hybridized carbons (Fsp3) is 0.133. The first-order chi connectivity index (χ1) is 8.79. The molecule has 18 heavy (non-hydrogen) atoms. The van der Waals surface area contributed by atoms with E-state index in [4.69, 9.17) is 0 Å². The number of hydrogen-bond donors (Lipinski definition) is 1. The lowest BCUT2D eigenvalue weighted by molar-refractivity contribution is -0.108. The summed E-state index contributed by atoms with van der Waals surface area (Å²) in [5, 5.41) is 3.27. The number of benzene rings is 2. The second-order valence-electron chi connectivity index (χ2n) is 4.04. The lowest BCUT2D eigenvalue weighted by atomic mass is 10.0. The highest BCUT2D eigenvalue weighted by molar-refractivity contribution is 9.10. The van der Waals surface area contributed by atoms with E-state index in [0.29, 0.717) is 6.54 Å². The SMILES string of the molecule is O=CC(CNc1ccccc1)c1ccc(Br)cc1. The van der Waals surface area contributed by atoms with Gasteiger partial charge in [-0.2, -0.15) is 0 Å². The fourth-order valence-electron chi connectivity index (χ4n) is 1.74. The van der Waals surface area contributed by atoms with Gasteiger partial charge in [0.2, 0.25) is 0 Å². The molecular formula is C15H14BrNO. The topological polar surface area (TPSA) is 29.1 Å². The third kappa shape index (κ3) is 3.44. The van der Waals surface area contributed by atoms with Crippen molar-refractivity contribution < 1.29 is 4.79 Å². The summed E-state index contributed by atoms with van der Waals surface area (Å²) in [6, 6.07) is 17.7. The number of anilines is 1. The average molecular weight is 304 g/mol. The van der Waals surface area contributed by atoms with E-state index in [9.17, 15) is 4.79 Å². The molecule has 1 unspecified atom stereocenters. The summed E-state index contributed by atoms with van der Waals surface area (Å²) >= 11 is 3.39. The molecule has 0 saturated heterocycles. The van der Waals surface area contributed by atoms with Gasteiger partial charge in [0, 0.05) is 16.7 Å². The molecule has 2 nitrogen and oxygen atoms in total. The first-order valence-corrected chi connectivity index (χ1v) is 6.58. The van der Waals surface area contributed by atoms with Gasteiger partial charge in [-0.15, -0.1) is 0 Å². The van der Waals surface area contributed by atoms with Crippen LogP contribution in [0, 0.1) is 0 Å². The van der Waals surface area contributed by atoms with Gasteiger partial charge in [-0.05, 0) is 29.8 Å². The van der Waals surface area contributed by atoms with Crippen molar-refractivity contribution in [3.8, 4) is 0 Å². The van der Waals surface area contributed by atoms with Gasteiger partial charge in [-0.1, -0.05) is 46.3 Å². The number of halogens is 1. The van der Waals surface area contributed by atoms with Crippen LogP contribution in [-0.4, -0.2) is 12.8 Å². The number of hydrogen-bond acceptors (Lipinski definition) is 2. The van der Waals surface area contributed by atoms with Crippen molar-refractivity contribution in [3.63, 3.8) is 0 Å². The van der Waals surface area contributed by atoms with E-state index in [2.05, 4.69) is 21.2 Å². The van der Waals surface area contributed by atoms with Crippen molar-refractivity contribution in [2.75, 3.05) is 11.9 Å². The predicted octanol–water partition coefficient (Wildman–Crippen LogP) is 3.84. The molecule has 2 rings (SSSR count). The van der Waals surface area contributed by atoms with E-state index in [-0.39, 0.29) is 5.92 Å². The van der Waals surface area contributed by atoms with Crippen LogP contribution in [0.25, 0.3) is 0 Å². The zero-order chi connectivity index (χ0) is 12.8. The first-order valence-electron chi connectivity index (χ1n) is 5.79. The van der Waals surface area contributed by atoms with Crippen molar-refractivity contribution in [1.29, 1.82) is 0 Å². The quantitative estimate of drug-likeness (QED) is 0.850. The van der Waals surface area contributed by atoms with Crippen molar-refractivity contribution in [1.82, 2.24) is 0 Å². The standard InChI is InChI=1S/C15H14BrNO/c16-14-8-6-12(7-9-14)13(11-18)10-17-15-4-2-1-3-5-15/h1-9,11,13,17H,10H2. The third-order valence-electron chi connectivity index (χ3n) is 2.76. The van der Waals surface area contributed by atoms with E-state index in [1.54, 1.807) is 0 Å².